The second-order valence-electron chi connectivity index (χ2n) is 7.13. The minimum atomic E-state index is 0.528. The molecule has 0 radical (unpaired) electrons. The van der Waals surface area contributed by atoms with Crippen molar-refractivity contribution in [2.75, 3.05) is 45.8 Å². The molecule has 1 fully saturated rings. The highest BCUT2D eigenvalue weighted by Crippen LogP contribution is 2.28. The lowest BCUT2D eigenvalue weighted by molar-refractivity contribution is 0.217. The third-order valence-corrected chi connectivity index (χ3v) is 5.38. The number of benzene rings is 1. The average molecular weight is 370 g/mol. The Labute approximate surface area is 162 Å². The van der Waals surface area contributed by atoms with Gasteiger partial charge in [-0.15, -0.1) is 0 Å². The summed E-state index contributed by atoms with van der Waals surface area (Å²) < 4.78 is 10.7. The zero-order valence-corrected chi connectivity index (χ0v) is 16.8. The van der Waals surface area contributed by atoms with E-state index in [1.54, 1.807) is 26.6 Å². The Balaban J connectivity index is 1.59. The van der Waals surface area contributed by atoms with Gasteiger partial charge in [0.1, 0.15) is 5.82 Å². The van der Waals surface area contributed by atoms with Crippen LogP contribution in [0.15, 0.2) is 30.6 Å². The van der Waals surface area contributed by atoms with Gasteiger partial charge in [0.15, 0.2) is 11.5 Å². The van der Waals surface area contributed by atoms with Crippen molar-refractivity contribution in [3.8, 4) is 11.5 Å². The number of anilines is 1. The molecule has 0 saturated carbocycles. The molecule has 1 aliphatic rings. The number of piperidine rings is 1. The lowest BCUT2D eigenvalue weighted by atomic mass is 10.0. The molecule has 0 amide bonds. The molecular formula is C21H30N4O2. The SMILES string of the molecule is COc1ccc(CCN(C)C2CCCN(c3nccnc3C)C2)cc1OC. The molecule has 1 atom stereocenters. The maximum Gasteiger partial charge on any atom is 0.160 e. The van der Waals surface area contributed by atoms with E-state index in [1.165, 1.54) is 18.4 Å². The van der Waals surface area contributed by atoms with Gasteiger partial charge in [0.25, 0.3) is 0 Å². The quantitative estimate of drug-likeness (QED) is 0.747. The Kier molecular flexibility index (Phi) is 6.50. The van der Waals surface area contributed by atoms with Gasteiger partial charge in [-0.05, 0) is 50.9 Å². The normalized spacial score (nSPS) is 17.2. The summed E-state index contributed by atoms with van der Waals surface area (Å²) in [4.78, 5) is 13.8. The molecule has 0 N–H and O–H groups in total. The Morgan fingerprint density at radius 1 is 1.15 bits per heavy atom. The Morgan fingerprint density at radius 2 is 1.93 bits per heavy atom. The van der Waals surface area contributed by atoms with Crippen LogP contribution >= 0.6 is 0 Å². The number of likely N-dealkylation sites (N-methyl/N-ethyl adjacent to an activating group) is 1. The van der Waals surface area contributed by atoms with E-state index in [9.17, 15) is 0 Å². The van der Waals surface area contributed by atoms with Crippen molar-refractivity contribution in [2.45, 2.75) is 32.2 Å². The second kappa shape index (κ2) is 9.04. The average Bonchev–Trinajstić information content (AvgIpc) is 2.72. The highest BCUT2D eigenvalue weighted by molar-refractivity contribution is 5.43. The number of hydrogen-bond acceptors (Lipinski definition) is 6. The van der Waals surface area contributed by atoms with Gasteiger partial charge in [0.05, 0.1) is 19.9 Å². The largest absolute Gasteiger partial charge is 0.493 e. The van der Waals surface area contributed by atoms with Crippen molar-refractivity contribution in [1.82, 2.24) is 14.9 Å². The van der Waals surface area contributed by atoms with Crippen LogP contribution in [0, 0.1) is 6.92 Å². The molecule has 1 unspecified atom stereocenters. The third-order valence-electron chi connectivity index (χ3n) is 5.38. The summed E-state index contributed by atoms with van der Waals surface area (Å²) in [6.45, 7) is 5.10. The van der Waals surface area contributed by atoms with Gasteiger partial charge in [-0.3, -0.25) is 4.98 Å². The number of aromatic nitrogens is 2. The predicted octanol–water partition coefficient (Wildman–Crippen LogP) is 2.95. The summed E-state index contributed by atoms with van der Waals surface area (Å²) in [7, 11) is 5.57. The molecule has 146 valence electrons. The van der Waals surface area contributed by atoms with E-state index in [4.69, 9.17) is 9.47 Å². The number of nitrogens with zero attached hydrogens (tertiary/aromatic N) is 4. The van der Waals surface area contributed by atoms with Crippen LogP contribution in [0.1, 0.15) is 24.1 Å². The van der Waals surface area contributed by atoms with Crippen LogP contribution in [0.2, 0.25) is 0 Å². The first-order chi connectivity index (χ1) is 13.1. The van der Waals surface area contributed by atoms with Crippen molar-refractivity contribution in [2.24, 2.45) is 0 Å². The standard InChI is InChI=1S/C21H30N4O2/c1-16-21(23-11-10-22-16)25-12-5-6-18(15-25)24(2)13-9-17-7-8-19(26-3)20(14-17)27-4/h7-8,10-11,14,18H,5-6,9,12-13,15H2,1-4H3. The summed E-state index contributed by atoms with van der Waals surface area (Å²) in [5, 5.41) is 0. The first-order valence-corrected chi connectivity index (χ1v) is 9.56. The molecule has 27 heavy (non-hydrogen) atoms. The zero-order chi connectivity index (χ0) is 19.2. The summed E-state index contributed by atoms with van der Waals surface area (Å²) >= 11 is 0. The monoisotopic (exact) mass is 370 g/mol. The fourth-order valence-electron chi connectivity index (χ4n) is 3.74. The van der Waals surface area contributed by atoms with Gasteiger partial charge in [0, 0.05) is 38.1 Å². The third kappa shape index (κ3) is 4.69. The molecule has 0 aliphatic carbocycles. The number of ether oxygens (including phenoxy) is 2. The van der Waals surface area contributed by atoms with E-state index in [0.29, 0.717) is 6.04 Å². The van der Waals surface area contributed by atoms with Gasteiger partial charge in [0.2, 0.25) is 0 Å². The van der Waals surface area contributed by atoms with Crippen LogP contribution in [0.25, 0.3) is 0 Å². The fourth-order valence-corrected chi connectivity index (χ4v) is 3.74. The molecule has 1 aliphatic heterocycles. The highest BCUT2D eigenvalue weighted by Gasteiger charge is 2.25. The first-order valence-electron chi connectivity index (χ1n) is 9.56. The Morgan fingerprint density at radius 3 is 2.67 bits per heavy atom. The van der Waals surface area contributed by atoms with Crippen molar-refractivity contribution in [3.05, 3.63) is 41.9 Å². The van der Waals surface area contributed by atoms with Gasteiger partial charge in [-0.25, -0.2) is 4.98 Å². The molecule has 0 spiro atoms. The summed E-state index contributed by atoms with van der Waals surface area (Å²) in [5.74, 6) is 2.59. The highest BCUT2D eigenvalue weighted by atomic mass is 16.5. The number of rotatable bonds is 7. The minimum absolute atomic E-state index is 0.528. The summed E-state index contributed by atoms with van der Waals surface area (Å²) in [5.41, 5.74) is 2.27. The number of aryl methyl sites for hydroxylation is 1. The topological polar surface area (TPSA) is 50.7 Å². The zero-order valence-electron chi connectivity index (χ0n) is 16.8. The van der Waals surface area contributed by atoms with Crippen molar-refractivity contribution in [1.29, 1.82) is 0 Å². The molecule has 0 bridgehead atoms. The Hall–Kier alpha value is -2.34. The van der Waals surface area contributed by atoms with E-state index in [0.717, 1.165) is 49.1 Å². The molecular weight excluding hydrogens is 340 g/mol. The minimum Gasteiger partial charge on any atom is -0.493 e. The van der Waals surface area contributed by atoms with Gasteiger partial charge in [-0.2, -0.15) is 0 Å². The lowest BCUT2D eigenvalue weighted by Crippen LogP contribution is -2.47. The maximum atomic E-state index is 5.42. The molecule has 2 heterocycles. The molecule has 1 aromatic carbocycles. The summed E-state index contributed by atoms with van der Waals surface area (Å²) in [6, 6.07) is 6.70. The Bertz CT molecular complexity index is 753. The smallest absolute Gasteiger partial charge is 0.160 e. The van der Waals surface area contributed by atoms with Crippen molar-refractivity contribution >= 4 is 5.82 Å². The molecule has 6 nitrogen and oxygen atoms in total. The van der Waals surface area contributed by atoms with E-state index in [1.807, 2.05) is 13.0 Å². The van der Waals surface area contributed by atoms with E-state index in [2.05, 4.69) is 38.9 Å². The van der Waals surface area contributed by atoms with Crippen LogP contribution in [-0.4, -0.2) is 61.8 Å². The van der Waals surface area contributed by atoms with E-state index < -0.39 is 0 Å². The molecule has 1 aromatic heterocycles. The van der Waals surface area contributed by atoms with Crippen LogP contribution in [0.5, 0.6) is 11.5 Å². The van der Waals surface area contributed by atoms with Crippen LogP contribution in [-0.2, 0) is 6.42 Å². The second-order valence-corrected chi connectivity index (χ2v) is 7.13. The molecule has 6 heteroatoms. The van der Waals surface area contributed by atoms with E-state index in [-0.39, 0.29) is 0 Å². The predicted molar refractivity (Wildman–Crippen MR) is 108 cm³/mol. The molecule has 1 saturated heterocycles. The van der Waals surface area contributed by atoms with Crippen LogP contribution < -0.4 is 14.4 Å². The summed E-state index contributed by atoms with van der Waals surface area (Å²) in [6.07, 6.45) is 6.93. The first kappa shape index (κ1) is 19.4. The number of hydrogen-bond donors (Lipinski definition) is 0. The molecule has 2 aromatic rings. The van der Waals surface area contributed by atoms with Crippen LogP contribution in [0.3, 0.4) is 0 Å². The van der Waals surface area contributed by atoms with Gasteiger partial charge in [-0.1, -0.05) is 6.07 Å². The fraction of sp³-hybridized carbons (Fsp3) is 0.524. The molecule has 3 rings (SSSR count). The van der Waals surface area contributed by atoms with Crippen molar-refractivity contribution in [3.63, 3.8) is 0 Å². The van der Waals surface area contributed by atoms with Gasteiger partial charge >= 0.3 is 0 Å². The van der Waals surface area contributed by atoms with Crippen molar-refractivity contribution < 1.29 is 9.47 Å². The number of methoxy groups -OCH3 is 2. The maximum absolute atomic E-state index is 5.42. The van der Waals surface area contributed by atoms with Crippen LogP contribution in [0.4, 0.5) is 5.82 Å². The van der Waals surface area contributed by atoms with Gasteiger partial charge < -0.3 is 19.3 Å². The lowest BCUT2D eigenvalue weighted by Gasteiger charge is -2.38. The van der Waals surface area contributed by atoms with E-state index >= 15 is 0 Å².